The fourth-order valence-electron chi connectivity index (χ4n) is 8.52. The Hall–Kier alpha value is -1.83. The van der Waals surface area contributed by atoms with Crippen LogP contribution in [0.3, 0.4) is 0 Å². The Morgan fingerprint density at radius 2 is 1.97 bits per heavy atom. The number of carbonyl (C=O) groups is 3. The first-order valence-corrected chi connectivity index (χ1v) is 12.6. The van der Waals surface area contributed by atoms with E-state index in [0.717, 1.165) is 24.8 Å². The summed E-state index contributed by atoms with van der Waals surface area (Å²) >= 11 is 0. The third kappa shape index (κ3) is 2.96. The van der Waals surface area contributed by atoms with Crippen LogP contribution in [0.15, 0.2) is 23.8 Å². The van der Waals surface area contributed by atoms with E-state index in [-0.39, 0.29) is 35.4 Å². The van der Waals surface area contributed by atoms with Crippen molar-refractivity contribution >= 4 is 17.5 Å². The highest BCUT2D eigenvalue weighted by Gasteiger charge is 2.79. The zero-order valence-electron chi connectivity index (χ0n) is 20.6. The van der Waals surface area contributed by atoms with Crippen molar-refractivity contribution in [1.82, 2.24) is 0 Å². The zero-order chi connectivity index (χ0) is 24.5. The highest BCUT2D eigenvalue weighted by atomic mass is 16.7. The van der Waals surface area contributed by atoms with E-state index in [9.17, 15) is 19.5 Å². The second kappa shape index (κ2) is 7.84. The summed E-state index contributed by atoms with van der Waals surface area (Å²) in [6.45, 7) is 7.05. The van der Waals surface area contributed by atoms with Crippen LogP contribution in [0.4, 0.5) is 0 Å². The molecule has 8 atom stereocenters. The van der Waals surface area contributed by atoms with Gasteiger partial charge in [-0.2, -0.15) is 0 Å². The van der Waals surface area contributed by atoms with Gasteiger partial charge in [-0.3, -0.25) is 14.4 Å². The molecule has 0 amide bonds. The largest absolute Gasteiger partial charge is 0.458 e. The lowest BCUT2D eigenvalue weighted by Crippen LogP contribution is -2.74. The van der Waals surface area contributed by atoms with Gasteiger partial charge in [-0.25, -0.2) is 0 Å². The van der Waals surface area contributed by atoms with Crippen LogP contribution in [-0.2, 0) is 28.6 Å². The summed E-state index contributed by atoms with van der Waals surface area (Å²) in [7, 11) is 0. The standard InChI is InChI=1S/C27H36O7/c1-5-6-22-33-26-11-12-27(34-22,21(31)15-32-16(2)28)25(26,4)14-20(30)23-19(26)8-7-17-13-18(29)9-10-24(17,23)3/h5-6,13,19-20,22-23,30H,7-12,14-15H2,1-4H3/b6-5+. The minimum Gasteiger partial charge on any atom is -0.458 e. The average Bonchev–Trinajstić information content (AvgIpc) is 2.90. The molecule has 3 saturated carbocycles. The molecule has 5 rings (SSSR count). The monoisotopic (exact) mass is 472 g/mol. The Morgan fingerprint density at radius 3 is 2.68 bits per heavy atom. The summed E-state index contributed by atoms with van der Waals surface area (Å²) in [5, 5.41) is 11.7. The van der Waals surface area contributed by atoms with Gasteiger partial charge in [0.15, 0.2) is 18.7 Å². The van der Waals surface area contributed by atoms with Gasteiger partial charge in [-0.15, -0.1) is 0 Å². The third-order valence-corrected chi connectivity index (χ3v) is 10.0. The summed E-state index contributed by atoms with van der Waals surface area (Å²) < 4.78 is 18.4. The minimum atomic E-state index is -1.20. The van der Waals surface area contributed by atoms with Gasteiger partial charge in [0.05, 0.1) is 11.7 Å². The SMILES string of the molecule is C/C=C/C1OC2(C(=O)COC(C)=O)CCC3(O1)C1CCC4=CC(=O)CCC4(C)C1C(O)CC23C. The molecule has 7 heteroatoms. The number of allylic oxidation sites excluding steroid dienone is 2. The van der Waals surface area contributed by atoms with E-state index in [0.29, 0.717) is 25.7 Å². The fourth-order valence-corrected chi connectivity index (χ4v) is 8.52. The molecule has 186 valence electrons. The van der Waals surface area contributed by atoms with Crippen LogP contribution in [-0.4, -0.2) is 52.8 Å². The van der Waals surface area contributed by atoms with Crippen molar-refractivity contribution in [3.8, 4) is 0 Å². The molecular weight excluding hydrogens is 436 g/mol. The Bertz CT molecular complexity index is 983. The third-order valence-electron chi connectivity index (χ3n) is 10.0. The van der Waals surface area contributed by atoms with Gasteiger partial charge in [0.25, 0.3) is 0 Å². The number of rotatable bonds is 4. The van der Waals surface area contributed by atoms with E-state index < -0.39 is 35.0 Å². The number of carbonyl (C=O) groups excluding carboxylic acids is 3. The molecule has 1 saturated heterocycles. The van der Waals surface area contributed by atoms with Gasteiger partial charge >= 0.3 is 5.97 Å². The molecule has 1 aliphatic heterocycles. The summed E-state index contributed by atoms with van der Waals surface area (Å²) in [6.07, 6.45) is 8.44. The van der Waals surface area contributed by atoms with Gasteiger partial charge < -0.3 is 19.3 Å². The fraction of sp³-hybridized carbons (Fsp3) is 0.741. The quantitative estimate of drug-likeness (QED) is 0.494. The van der Waals surface area contributed by atoms with Crippen LogP contribution < -0.4 is 0 Å². The molecule has 0 aromatic rings. The summed E-state index contributed by atoms with van der Waals surface area (Å²) in [5.74, 6) is -0.632. The first-order chi connectivity index (χ1) is 16.0. The van der Waals surface area contributed by atoms with Crippen LogP contribution in [0.5, 0.6) is 0 Å². The number of esters is 1. The summed E-state index contributed by atoms with van der Waals surface area (Å²) in [4.78, 5) is 37.3. The number of ketones is 2. The maximum atomic E-state index is 13.7. The van der Waals surface area contributed by atoms with E-state index in [1.807, 2.05) is 32.1 Å². The zero-order valence-corrected chi connectivity index (χ0v) is 20.6. The van der Waals surface area contributed by atoms with Crippen LogP contribution in [0.1, 0.15) is 72.6 Å². The van der Waals surface area contributed by atoms with Crippen molar-refractivity contribution < 1.29 is 33.7 Å². The topological polar surface area (TPSA) is 99.1 Å². The first-order valence-electron chi connectivity index (χ1n) is 12.6. The molecule has 0 aromatic heterocycles. The number of aliphatic hydroxyl groups excluding tert-OH is 1. The molecule has 7 nitrogen and oxygen atoms in total. The van der Waals surface area contributed by atoms with Gasteiger partial charge in [0.2, 0.25) is 5.78 Å². The Kier molecular flexibility index (Phi) is 5.51. The van der Waals surface area contributed by atoms with Gasteiger partial charge in [0, 0.05) is 18.8 Å². The normalized spacial score (nSPS) is 47.4. The molecule has 0 radical (unpaired) electrons. The van der Waals surface area contributed by atoms with Gasteiger partial charge in [0.1, 0.15) is 5.60 Å². The maximum absolute atomic E-state index is 13.7. The average molecular weight is 473 g/mol. The molecule has 0 spiro atoms. The van der Waals surface area contributed by atoms with Gasteiger partial charge in [-0.1, -0.05) is 25.5 Å². The van der Waals surface area contributed by atoms with E-state index in [1.54, 1.807) is 0 Å². The number of hydrogen-bond acceptors (Lipinski definition) is 7. The first kappa shape index (κ1) is 23.9. The summed E-state index contributed by atoms with van der Waals surface area (Å²) in [6, 6.07) is 0. The molecule has 2 bridgehead atoms. The second-order valence-corrected chi connectivity index (χ2v) is 11.4. The number of hydrogen-bond donors (Lipinski definition) is 1. The second-order valence-electron chi connectivity index (χ2n) is 11.4. The van der Waals surface area contributed by atoms with Crippen LogP contribution in [0.25, 0.3) is 0 Å². The number of fused-ring (bicyclic) bond motifs is 3. The Labute approximate surface area is 200 Å². The Morgan fingerprint density at radius 1 is 1.21 bits per heavy atom. The van der Waals surface area contributed by atoms with E-state index >= 15 is 0 Å². The smallest absolute Gasteiger partial charge is 0.303 e. The molecule has 1 N–H and O–H groups in total. The molecule has 1 heterocycles. The molecule has 34 heavy (non-hydrogen) atoms. The van der Waals surface area contributed by atoms with Crippen LogP contribution in [0, 0.1) is 22.7 Å². The highest BCUT2D eigenvalue weighted by Crippen LogP contribution is 2.73. The molecule has 4 aliphatic carbocycles. The van der Waals surface area contributed by atoms with Crippen molar-refractivity contribution in [1.29, 1.82) is 0 Å². The van der Waals surface area contributed by atoms with E-state index in [4.69, 9.17) is 14.2 Å². The molecule has 4 fully saturated rings. The molecular formula is C27H36O7. The molecule has 5 aliphatic rings. The van der Waals surface area contributed by atoms with Crippen molar-refractivity contribution in [2.75, 3.05) is 6.61 Å². The van der Waals surface area contributed by atoms with Crippen molar-refractivity contribution in [3.63, 3.8) is 0 Å². The lowest BCUT2D eigenvalue weighted by atomic mass is 9.43. The lowest BCUT2D eigenvalue weighted by Gasteiger charge is -2.67. The maximum Gasteiger partial charge on any atom is 0.303 e. The number of aliphatic hydroxyl groups is 1. The lowest BCUT2D eigenvalue weighted by molar-refractivity contribution is -0.365. The van der Waals surface area contributed by atoms with Crippen molar-refractivity contribution in [3.05, 3.63) is 23.8 Å². The van der Waals surface area contributed by atoms with Crippen LogP contribution in [0.2, 0.25) is 0 Å². The number of ether oxygens (including phenoxy) is 3. The van der Waals surface area contributed by atoms with Crippen molar-refractivity contribution in [2.45, 2.75) is 96.2 Å². The summed E-state index contributed by atoms with van der Waals surface area (Å²) in [5.41, 5.74) is -1.73. The van der Waals surface area contributed by atoms with Gasteiger partial charge in [-0.05, 0) is 74.9 Å². The molecule has 8 unspecified atom stereocenters. The minimum absolute atomic E-state index is 0.0247. The highest BCUT2D eigenvalue weighted by molar-refractivity contribution is 5.92. The predicted octanol–water partition coefficient (Wildman–Crippen LogP) is 3.43. The Balaban J connectivity index is 1.61. The number of Topliss-reactive ketones (excluding diaryl/α,β-unsaturated/α-hetero) is 1. The van der Waals surface area contributed by atoms with E-state index in [1.165, 1.54) is 6.92 Å². The predicted molar refractivity (Wildman–Crippen MR) is 122 cm³/mol. The van der Waals surface area contributed by atoms with Crippen molar-refractivity contribution in [2.24, 2.45) is 22.7 Å². The van der Waals surface area contributed by atoms with E-state index in [2.05, 4.69) is 6.92 Å². The van der Waals surface area contributed by atoms with Crippen LogP contribution >= 0.6 is 0 Å². The molecule has 0 aromatic carbocycles.